The minimum Gasteiger partial charge on any atom is -0.352 e. The summed E-state index contributed by atoms with van der Waals surface area (Å²) >= 11 is 7.17. The molecule has 0 aliphatic heterocycles. The number of hydrogen-bond acceptors (Lipinski definition) is 4. The number of rotatable bonds is 2. The van der Waals surface area contributed by atoms with Crippen molar-refractivity contribution in [2.45, 2.75) is 5.75 Å². The van der Waals surface area contributed by atoms with Gasteiger partial charge in [0.1, 0.15) is 5.15 Å². The van der Waals surface area contributed by atoms with Gasteiger partial charge in [0.15, 0.2) is 11.6 Å². The lowest BCUT2D eigenvalue weighted by atomic mass is 10.3. The number of nitrogens with one attached hydrogen (secondary N) is 1. The van der Waals surface area contributed by atoms with E-state index in [0.717, 1.165) is 11.3 Å². The Bertz CT molecular complexity index is 372. The van der Waals surface area contributed by atoms with Crippen LogP contribution in [-0.4, -0.2) is 11.2 Å². The van der Waals surface area contributed by atoms with Gasteiger partial charge >= 0.3 is 0 Å². The molecule has 76 valence electrons. The number of nitrogens with zero attached hydrogens (tertiary/aromatic N) is 1. The minimum absolute atomic E-state index is 0.00287. The summed E-state index contributed by atoms with van der Waals surface area (Å²) in [6.45, 7) is 0. The molecule has 0 saturated heterocycles. The van der Waals surface area contributed by atoms with Crippen LogP contribution in [0.25, 0.3) is 0 Å². The molecular formula is C8H10ClN3OS. The maximum absolute atomic E-state index is 11.1. The van der Waals surface area contributed by atoms with Crippen LogP contribution in [0.4, 0.5) is 0 Å². The molecule has 1 aromatic heterocycles. The van der Waals surface area contributed by atoms with Crippen molar-refractivity contribution < 1.29 is 0 Å². The van der Waals surface area contributed by atoms with Crippen molar-refractivity contribution in [1.29, 1.82) is 5.26 Å². The zero-order valence-electron chi connectivity index (χ0n) is 7.58. The van der Waals surface area contributed by atoms with E-state index in [1.165, 1.54) is 12.3 Å². The van der Waals surface area contributed by atoms with Gasteiger partial charge in [-0.25, -0.2) is 0 Å². The third kappa shape index (κ3) is 4.80. The molecule has 0 radical (unpaired) electrons. The van der Waals surface area contributed by atoms with Crippen LogP contribution in [0.1, 0.15) is 5.56 Å². The second kappa shape index (κ2) is 7.30. The van der Waals surface area contributed by atoms with Crippen LogP contribution in [0.2, 0.25) is 5.15 Å². The van der Waals surface area contributed by atoms with Gasteiger partial charge in [0.25, 0.3) is 0 Å². The highest BCUT2D eigenvalue weighted by Crippen LogP contribution is 2.05. The molecule has 1 rings (SSSR count). The molecule has 0 atom stereocenters. The van der Waals surface area contributed by atoms with E-state index in [0.29, 0.717) is 5.15 Å². The predicted molar refractivity (Wildman–Crippen MR) is 59.1 cm³/mol. The van der Waals surface area contributed by atoms with Gasteiger partial charge < -0.3 is 10.7 Å². The maximum Gasteiger partial charge on any atom is 0.187 e. The Morgan fingerprint density at radius 1 is 1.79 bits per heavy atom. The number of halogens is 1. The highest BCUT2D eigenvalue weighted by atomic mass is 35.5. The van der Waals surface area contributed by atoms with E-state index in [1.807, 2.05) is 6.26 Å². The molecule has 0 fully saturated rings. The number of H-pyrrole nitrogens is 1. The normalized spacial score (nSPS) is 8.36. The number of pyridine rings is 1. The topological polar surface area (TPSA) is 82.7 Å². The van der Waals surface area contributed by atoms with Gasteiger partial charge in [-0.15, -0.1) is 0 Å². The van der Waals surface area contributed by atoms with Crippen molar-refractivity contribution in [2.24, 2.45) is 5.73 Å². The van der Waals surface area contributed by atoms with Crippen LogP contribution in [-0.2, 0) is 5.75 Å². The largest absolute Gasteiger partial charge is 0.352 e. The lowest BCUT2D eigenvalue weighted by Gasteiger charge is -1.95. The average molecular weight is 232 g/mol. The van der Waals surface area contributed by atoms with Crippen molar-refractivity contribution in [3.05, 3.63) is 33.2 Å². The Labute approximate surface area is 91.1 Å². The summed E-state index contributed by atoms with van der Waals surface area (Å²) in [5.41, 5.74) is 4.92. The lowest BCUT2D eigenvalue weighted by Crippen LogP contribution is -2.06. The van der Waals surface area contributed by atoms with Crippen LogP contribution < -0.4 is 11.2 Å². The van der Waals surface area contributed by atoms with E-state index in [1.54, 1.807) is 18.0 Å². The van der Waals surface area contributed by atoms with Gasteiger partial charge in [-0.2, -0.15) is 17.0 Å². The standard InChI is InChI=1S/C7H8ClNOS.CH2N2/c1-11-4-5-3-9-7(8)2-6(5)10;2-1-3/h2-3H,4H2,1H3,(H,9,10);2H2. The van der Waals surface area contributed by atoms with E-state index < -0.39 is 0 Å². The van der Waals surface area contributed by atoms with Crippen molar-refractivity contribution in [3.63, 3.8) is 0 Å². The fourth-order valence-corrected chi connectivity index (χ4v) is 1.44. The highest BCUT2D eigenvalue weighted by Gasteiger charge is 1.97. The first-order valence-electron chi connectivity index (χ1n) is 3.61. The van der Waals surface area contributed by atoms with E-state index in [4.69, 9.17) is 16.9 Å². The van der Waals surface area contributed by atoms with E-state index >= 15 is 0 Å². The molecule has 14 heavy (non-hydrogen) atoms. The quantitative estimate of drug-likeness (QED) is 0.457. The molecular weight excluding hydrogens is 222 g/mol. The zero-order valence-corrected chi connectivity index (χ0v) is 9.15. The average Bonchev–Trinajstić information content (AvgIpc) is 2.11. The molecule has 3 N–H and O–H groups in total. The number of aromatic amines is 1. The summed E-state index contributed by atoms with van der Waals surface area (Å²) in [5.74, 6) is 0.729. The Morgan fingerprint density at radius 2 is 2.36 bits per heavy atom. The monoisotopic (exact) mass is 231 g/mol. The second-order valence-corrected chi connectivity index (χ2v) is 3.51. The molecule has 0 bridgehead atoms. The first kappa shape index (κ1) is 12.9. The third-order valence-corrected chi connectivity index (χ3v) is 2.08. The van der Waals surface area contributed by atoms with E-state index in [-0.39, 0.29) is 5.43 Å². The molecule has 1 heterocycles. The molecule has 4 nitrogen and oxygen atoms in total. The summed E-state index contributed by atoms with van der Waals surface area (Å²) in [4.78, 5) is 13.9. The van der Waals surface area contributed by atoms with Gasteiger partial charge in [-0.3, -0.25) is 4.79 Å². The van der Waals surface area contributed by atoms with Crippen LogP contribution in [0.3, 0.4) is 0 Å². The molecule has 0 aromatic carbocycles. The van der Waals surface area contributed by atoms with Crippen LogP contribution in [0.5, 0.6) is 0 Å². The number of thioether (sulfide) groups is 1. The van der Waals surface area contributed by atoms with Crippen molar-refractivity contribution >= 4 is 23.4 Å². The van der Waals surface area contributed by atoms with Gasteiger partial charge in [0.05, 0.1) is 0 Å². The zero-order chi connectivity index (χ0) is 11.0. The van der Waals surface area contributed by atoms with E-state index in [2.05, 4.69) is 10.7 Å². The summed E-state index contributed by atoms with van der Waals surface area (Å²) in [7, 11) is 0. The Balaban J connectivity index is 0.000000500. The van der Waals surface area contributed by atoms with E-state index in [9.17, 15) is 4.79 Å². The Hall–Kier alpha value is -1.12. The molecule has 1 aromatic rings. The first-order chi connectivity index (χ1) is 6.65. The number of nitriles is 1. The molecule has 0 spiro atoms. The van der Waals surface area contributed by atoms with Crippen LogP contribution >= 0.6 is 23.4 Å². The summed E-state index contributed by atoms with van der Waals surface area (Å²) in [6, 6.07) is 1.40. The smallest absolute Gasteiger partial charge is 0.187 e. The third-order valence-electron chi connectivity index (χ3n) is 1.26. The predicted octanol–water partition coefficient (Wildman–Crippen LogP) is 1.32. The molecule has 0 amide bonds. The molecule has 6 heteroatoms. The minimum atomic E-state index is 0.00287. The number of hydrogen-bond donors (Lipinski definition) is 2. The van der Waals surface area contributed by atoms with Crippen molar-refractivity contribution in [2.75, 3.05) is 6.26 Å². The molecule has 0 aliphatic rings. The van der Waals surface area contributed by atoms with Crippen LogP contribution in [0, 0.1) is 11.5 Å². The maximum atomic E-state index is 11.1. The van der Waals surface area contributed by atoms with Gasteiger partial charge in [-0.05, 0) is 6.26 Å². The SMILES string of the molecule is CSCc1c[nH]c(Cl)cc1=O.N#CN. The summed E-state index contributed by atoms with van der Waals surface area (Å²) in [5, 5.41) is 7.49. The molecule has 0 aliphatic carbocycles. The number of aromatic nitrogens is 1. The van der Waals surface area contributed by atoms with Crippen molar-refractivity contribution in [3.8, 4) is 6.19 Å². The Morgan fingerprint density at radius 3 is 2.79 bits per heavy atom. The second-order valence-electron chi connectivity index (χ2n) is 2.23. The molecule has 0 unspecified atom stereocenters. The summed E-state index contributed by atoms with van der Waals surface area (Å²) < 4.78 is 0. The van der Waals surface area contributed by atoms with Gasteiger partial charge in [-0.1, -0.05) is 11.6 Å². The number of nitrogens with two attached hydrogens (primary N) is 1. The van der Waals surface area contributed by atoms with Gasteiger partial charge in [0.2, 0.25) is 0 Å². The molecule has 0 saturated carbocycles. The highest BCUT2D eigenvalue weighted by molar-refractivity contribution is 7.97. The Kier molecular flexibility index (Phi) is 6.72. The van der Waals surface area contributed by atoms with Crippen molar-refractivity contribution in [1.82, 2.24) is 4.98 Å². The lowest BCUT2D eigenvalue weighted by molar-refractivity contribution is 1.22. The van der Waals surface area contributed by atoms with Gasteiger partial charge in [0, 0.05) is 23.6 Å². The fourth-order valence-electron chi connectivity index (χ4n) is 0.745. The summed E-state index contributed by atoms with van der Waals surface area (Å²) in [6.07, 6.45) is 4.86. The fraction of sp³-hybridized carbons (Fsp3) is 0.250. The van der Waals surface area contributed by atoms with Crippen LogP contribution in [0.15, 0.2) is 17.1 Å². The first-order valence-corrected chi connectivity index (χ1v) is 5.38.